The van der Waals surface area contributed by atoms with Crippen molar-refractivity contribution in [1.82, 2.24) is 5.32 Å². The lowest BCUT2D eigenvalue weighted by Gasteiger charge is -2.29. The summed E-state index contributed by atoms with van der Waals surface area (Å²) in [5, 5.41) is 12.9. The molecule has 0 saturated heterocycles. The Morgan fingerprint density at radius 2 is 1.89 bits per heavy atom. The summed E-state index contributed by atoms with van der Waals surface area (Å²) in [6.07, 6.45) is 1.72. The Hall–Kier alpha value is -0.770. The highest BCUT2D eigenvalue weighted by molar-refractivity contribution is 5.68. The first-order valence-electron chi connectivity index (χ1n) is 6.85. The van der Waals surface area contributed by atoms with Crippen LogP contribution in [-0.4, -0.2) is 28.9 Å². The van der Waals surface area contributed by atoms with Gasteiger partial charge in [-0.15, -0.1) is 0 Å². The first kappa shape index (κ1) is 17.2. The van der Waals surface area contributed by atoms with E-state index in [2.05, 4.69) is 12.2 Å². The largest absolute Gasteiger partial charge is 0.444 e. The lowest BCUT2D eigenvalue weighted by molar-refractivity contribution is 0.0360. The van der Waals surface area contributed by atoms with E-state index < -0.39 is 17.8 Å². The van der Waals surface area contributed by atoms with Crippen molar-refractivity contribution in [3.8, 4) is 0 Å². The topological polar surface area (TPSA) is 58.6 Å². The number of aliphatic hydroxyl groups excluding tert-OH is 1. The third-order valence-electron chi connectivity index (χ3n) is 2.67. The van der Waals surface area contributed by atoms with E-state index >= 15 is 0 Å². The Labute approximate surface area is 111 Å². The molecule has 4 nitrogen and oxygen atoms in total. The van der Waals surface area contributed by atoms with Crippen LogP contribution in [0, 0.1) is 5.92 Å². The van der Waals surface area contributed by atoms with Crippen molar-refractivity contribution in [3.63, 3.8) is 0 Å². The molecule has 0 aromatic rings. The van der Waals surface area contributed by atoms with Crippen molar-refractivity contribution >= 4 is 6.09 Å². The zero-order valence-electron chi connectivity index (χ0n) is 12.6. The second-order valence-corrected chi connectivity index (χ2v) is 6.13. The van der Waals surface area contributed by atoms with Gasteiger partial charge >= 0.3 is 6.09 Å². The fourth-order valence-corrected chi connectivity index (χ4v) is 1.74. The number of unbranched alkanes of at least 4 members (excludes halogenated alkanes) is 1. The number of rotatable bonds is 6. The van der Waals surface area contributed by atoms with Gasteiger partial charge in [-0.1, -0.05) is 33.6 Å². The minimum Gasteiger partial charge on any atom is -0.444 e. The molecule has 4 heteroatoms. The summed E-state index contributed by atoms with van der Waals surface area (Å²) in [4.78, 5) is 11.7. The Kier molecular flexibility index (Phi) is 7.29. The lowest BCUT2D eigenvalue weighted by Crippen LogP contribution is -2.48. The van der Waals surface area contributed by atoms with Crippen molar-refractivity contribution in [2.24, 2.45) is 5.92 Å². The molecule has 0 aromatic carbocycles. The predicted molar refractivity (Wildman–Crippen MR) is 73.5 cm³/mol. The molecule has 0 fully saturated rings. The van der Waals surface area contributed by atoms with Crippen LogP contribution in [0.3, 0.4) is 0 Å². The molecule has 2 N–H and O–H groups in total. The minimum atomic E-state index is -0.516. The van der Waals surface area contributed by atoms with Crippen LogP contribution in [0.15, 0.2) is 0 Å². The van der Waals surface area contributed by atoms with Gasteiger partial charge in [0.2, 0.25) is 0 Å². The first-order chi connectivity index (χ1) is 8.17. The van der Waals surface area contributed by atoms with Gasteiger partial charge in [-0.25, -0.2) is 4.79 Å². The maximum absolute atomic E-state index is 11.7. The second-order valence-electron chi connectivity index (χ2n) is 6.13. The Morgan fingerprint density at radius 1 is 1.33 bits per heavy atom. The molecule has 1 amide bonds. The number of hydrogen-bond acceptors (Lipinski definition) is 3. The van der Waals surface area contributed by atoms with E-state index in [4.69, 9.17) is 4.74 Å². The molecule has 0 rings (SSSR count). The van der Waals surface area contributed by atoms with E-state index in [0.717, 1.165) is 12.8 Å². The molecule has 1 unspecified atom stereocenters. The van der Waals surface area contributed by atoms with Crippen molar-refractivity contribution in [2.75, 3.05) is 0 Å². The summed E-state index contributed by atoms with van der Waals surface area (Å²) in [5.41, 5.74) is -0.514. The number of amides is 1. The Morgan fingerprint density at radius 3 is 2.28 bits per heavy atom. The third kappa shape index (κ3) is 7.54. The lowest BCUT2D eigenvalue weighted by atomic mass is 9.95. The molecule has 0 aliphatic carbocycles. The molecule has 18 heavy (non-hydrogen) atoms. The molecule has 0 aromatic heterocycles. The van der Waals surface area contributed by atoms with Crippen molar-refractivity contribution in [3.05, 3.63) is 0 Å². The van der Waals surface area contributed by atoms with Gasteiger partial charge in [0.25, 0.3) is 0 Å². The van der Waals surface area contributed by atoms with E-state index in [9.17, 15) is 9.90 Å². The van der Waals surface area contributed by atoms with Gasteiger partial charge in [-0.2, -0.15) is 0 Å². The van der Waals surface area contributed by atoms with E-state index in [-0.39, 0.29) is 12.0 Å². The van der Waals surface area contributed by atoms with Gasteiger partial charge in [-0.05, 0) is 33.1 Å². The van der Waals surface area contributed by atoms with Gasteiger partial charge in [0, 0.05) is 0 Å². The maximum atomic E-state index is 11.7. The summed E-state index contributed by atoms with van der Waals surface area (Å²) in [6.45, 7) is 11.5. The molecular weight excluding hydrogens is 230 g/mol. The molecule has 0 aliphatic heterocycles. The van der Waals surface area contributed by atoms with Crippen LogP contribution < -0.4 is 5.32 Å². The minimum absolute atomic E-state index is 0.171. The average molecular weight is 259 g/mol. The summed E-state index contributed by atoms with van der Waals surface area (Å²) < 4.78 is 5.21. The number of carbonyl (C=O) groups excluding carboxylic acids is 1. The van der Waals surface area contributed by atoms with E-state index in [1.807, 2.05) is 34.6 Å². The number of ether oxygens (including phenoxy) is 1. The molecule has 0 spiro atoms. The third-order valence-corrected chi connectivity index (χ3v) is 2.67. The normalized spacial score (nSPS) is 15.3. The predicted octanol–water partition coefficient (Wildman–Crippen LogP) is 3.09. The van der Waals surface area contributed by atoms with Crippen LogP contribution in [0.5, 0.6) is 0 Å². The highest BCUT2D eigenvalue weighted by atomic mass is 16.6. The standard InChI is InChI=1S/C14H29NO3/c1-7-8-9-11(16)12(10(2)3)15-13(17)18-14(4,5)6/h10-12,16H,7-9H2,1-6H3,(H,15,17)/t11-,12?/m0/s1. The van der Waals surface area contributed by atoms with Crippen molar-refractivity contribution < 1.29 is 14.6 Å². The van der Waals surface area contributed by atoms with Crippen LogP contribution in [0.1, 0.15) is 60.8 Å². The van der Waals surface area contributed by atoms with Crippen LogP contribution in [0.2, 0.25) is 0 Å². The molecule has 0 saturated carbocycles. The summed E-state index contributed by atoms with van der Waals surface area (Å²) >= 11 is 0. The number of nitrogens with one attached hydrogen (secondary N) is 1. The van der Waals surface area contributed by atoms with Crippen molar-refractivity contribution in [1.29, 1.82) is 0 Å². The molecule has 0 radical (unpaired) electrons. The molecule has 2 atom stereocenters. The Bertz CT molecular complexity index is 246. The first-order valence-corrected chi connectivity index (χ1v) is 6.85. The molecule has 0 aliphatic rings. The SMILES string of the molecule is CCCC[C@H](O)C(NC(=O)OC(C)(C)C)C(C)C. The Balaban J connectivity index is 4.39. The smallest absolute Gasteiger partial charge is 0.407 e. The van der Waals surface area contributed by atoms with Gasteiger partial charge in [-0.3, -0.25) is 0 Å². The van der Waals surface area contributed by atoms with Gasteiger partial charge in [0.05, 0.1) is 12.1 Å². The zero-order chi connectivity index (χ0) is 14.3. The highest BCUT2D eigenvalue weighted by Gasteiger charge is 2.26. The summed E-state index contributed by atoms with van der Waals surface area (Å²) in [5.74, 6) is 0.171. The van der Waals surface area contributed by atoms with Gasteiger partial charge < -0.3 is 15.2 Å². The molecule has 0 bridgehead atoms. The number of hydrogen-bond donors (Lipinski definition) is 2. The summed E-state index contributed by atoms with van der Waals surface area (Å²) in [6, 6.07) is -0.258. The van der Waals surface area contributed by atoms with Gasteiger partial charge in [0.15, 0.2) is 0 Å². The second kappa shape index (κ2) is 7.62. The van der Waals surface area contributed by atoms with E-state index in [1.165, 1.54) is 0 Å². The highest BCUT2D eigenvalue weighted by Crippen LogP contribution is 2.14. The summed E-state index contributed by atoms with van der Waals surface area (Å²) in [7, 11) is 0. The van der Waals surface area contributed by atoms with Gasteiger partial charge in [0.1, 0.15) is 5.60 Å². The number of alkyl carbamates (subject to hydrolysis) is 1. The van der Waals surface area contributed by atoms with Crippen LogP contribution in [0.25, 0.3) is 0 Å². The van der Waals surface area contributed by atoms with Crippen LogP contribution in [-0.2, 0) is 4.74 Å². The fourth-order valence-electron chi connectivity index (χ4n) is 1.74. The number of carbonyl (C=O) groups is 1. The van der Waals surface area contributed by atoms with Crippen LogP contribution >= 0.6 is 0 Å². The fraction of sp³-hybridized carbons (Fsp3) is 0.929. The average Bonchev–Trinajstić information content (AvgIpc) is 2.19. The monoisotopic (exact) mass is 259 g/mol. The number of aliphatic hydroxyl groups is 1. The molecule has 108 valence electrons. The van der Waals surface area contributed by atoms with E-state index in [1.54, 1.807) is 0 Å². The molecule has 0 heterocycles. The maximum Gasteiger partial charge on any atom is 0.407 e. The van der Waals surface area contributed by atoms with E-state index in [0.29, 0.717) is 6.42 Å². The van der Waals surface area contributed by atoms with Crippen molar-refractivity contribution in [2.45, 2.75) is 78.6 Å². The molecular formula is C14H29NO3. The van der Waals surface area contributed by atoms with Crippen LogP contribution in [0.4, 0.5) is 4.79 Å². The quantitative estimate of drug-likeness (QED) is 0.770. The zero-order valence-corrected chi connectivity index (χ0v) is 12.6.